The molecule has 29 heavy (non-hydrogen) atoms. The summed E-state index contributed by atoms with van der Waals surface area (Å²) in [4.78, 5) is 30.1. The number of aliphatic imine (C=N–C) groups is 1. The molecule has 0 unspecified atom stereocenters. The molecule has 0 saturated carbocycles. The Morgan fingerprint density at radius 1 is 1.31 bits per heavy atom. The highest BCUT2D eigenvalue weighted by atomic mass is 32.2. The van der Waals surface area contributed by atoms with E-state index in [1.807, 2.05) is 26.0 Å². The zero-order valence-electron chi connectivity index (χ0n) is 16.0. The molecule has 10 heteroatoms. The standard InChI is InChI=1S/C19H20N4O4S2/c1-3-15-21-22-18(29-15)20-19-23(4-2)17(26)14(28-19)11-12-7-5-6-8-13(12)27-10-9-16(24)25/h5-8,11H,3-4,9-10H2,1-2H3,(H,24,25)/b14-11+,20-19+. The fourth-order valence-electron chi connectivity index (χ4n) is 2.51. The van der Waals surface area contributed by atoms with Crippen molar-refractivity contribution in [2.24, 2.45) is 4.99 Å². The van der Waals surface area contributed by atoms with Gasteiger partial charge in [-0.15, -0.1) is 10.2 Å². The third-order valence-corrected chi connectivity index (χ3v) is 5.90. The second-order valence-electron chi connectivity index (χ2n) is 5.92. The van der Waals surface area contributed by atoms with Gasteiger partial charge in [-0.25, -0.2) is 0 Å². The average Bonchev–Trinajstić information content (AvgIpc) is 3.27. The van der Waals surface area contributed by atoms with Gasteiger partial charge in [-0.3, -0.25) is 14.5 Å². The van der Waals surface area contributed by atoms with E-state index in [9.17, 15) is 9.59 Å². The number of likely N-dealkylation sites (N-methyl/N-ethyl adjacent to an activating group) is 1. The van der Waals surface area contributed by atoms with Crippen molar-refractivity contribution in [1.82, 2.24) is 15.1 Å². The number of thioether (sulfide) groups is 1. The molecule has 0 atom stereocenters. The Morgan fingerprint density at radius 3 is 2.79 bits per heavy atom. The van der Waals surface area contributed by atoms with Crippen LogP contribution in [0.15, 0.2) is 34.2 Å². The van der Waals surface area contributed by atoms with Gasteiger partial charge in [0.25, 0.3) is 5.91 Å². The lowest BCUT2D eigenvalue weighted by Crippen LogP contribution is -2.28. The van der Waals surface area contributed by atoms with Gasteiger partial charge in [-0.05, 0) is 37.2 Å². The van der Waals surface area contributed by atoms with Gasteiger partial charge in [0.15, 0.2) is 5.17 Å². The lowest BCUT2D eigenvalue weighted by molar-refractivity contribution is -0.137. The summed E-state index contributed by atoms with van der Waals surface area (Å²) in [5, 5.41) is 18.9. The molecule has 0 radical (unpaired) electrons. The minimum atomic E-state index is -0.926. The van der Waals surface area contributed by atoms with E-state index in [-0.39, 0.29) is 18.9 Å². The summed E-state index contributed by atoms with van der Waals surface area (Å²) < 4.78 is 5.58. The van der Waals surface area contributed by atoms with E-state index in [1.165, 1.54) is 23.1 Å². The normalized spacial score (nSPS) is 16.8. The highest BCUT2D eigenvalue weighted by Crippen LogP contribution is 2.35. The van der Waals surface area contributed by atoms with Crippen molar-refractivity contribution in [3.05, 3.63) is 39.7 Å². The lowest BCUT2D eigenvalue weighted by atomic mass is 10.2. The third kappa shape index (κ3) is 5.21. The Labute approximate surface area is 176 Å². The van der Waals surface area contributed by atoms with Gasteiger partial charge in [0.1, 0.15) is 10.8 Å². The maximum atomic E-state index is 12.8. The number of amides is 1. The van der Waals surface area contributed by atoms with E-state index in [0.717, 1.165) is 11.4 Å². The second kappa shape index (κ2) is 9.66. The fourth-order valence-corrected chi connectivity index (χ4v) is 4.25. The molecule has 1 fully saturated rings. The molecule has 0 aliphatic carbocycles. The van der Waals surface area contributed by atoms with E-state index >= 15 is 0 Å². The first-order chi connectivity index (χ1) is 14.0. The van der Waals surface area contributed by atoms with Crippen LogP contribution in [0.4, 0.5) is 5.13 Å². The zero-order chi connectivity index (χ0) is 20.8. The predicted octanol–water partition coefficient (Wildman–Crippen LogP) is 3.58. The molecule has 0 bridgehead atoms. The van der Waals surface area contributed by atoms with Crippen LogP contribution >= 0.6 is 23.1 Å². The first-order valence-corrected chi connectivity index (χ1v) is 10.7. The number of ether oxygens (including phenoxy) is 1. The maximum absolute atomic E-state index is 12.8. The molecule has 1 N–H and O–H groups in total. The lowest BCUT2D eigenvalue weighted by Gasteiger charge is -2.11. The van der Waals surface area contributed by atoms with E-state index in [1.54, 1.807) is 23.1 Å². The van der Waals surface area contributed by atoms with Crippen molar-refractivity contribution in [1.29, 1.82) is 0 Å². The quantitative estimate of drug-likeness (QED) is 0.636. The number of hydrogen-bond donors (Lipinski definition) is 1. The molecule has 1 saturated heterocycles. The van der Waals surface area contributed by atoms with Crippen LogP contribution < -0.4 is 4.74 Å². The van der Waals surface area contributed by atoms with Crippen LogP contribution in [0.1, 0.15) is 30.8 Å². The zero-order valence-corrected chi connectivity index (χ0v) is 17.6. The molecule has 8 nitrogen and oxygen atoms in total. The van der Waals surface area contributed by atoms with Crippen LogP contribution in [0.5, 0.6) is 5.75 Å². The molecule has 152 valence electrons. The number of carboxylic acids is 1. The largest absolute Gasteiger partial charge is 0.492 e. The Hall–Kier alpha value is -2.72. The SMILES string of the molecule is CCc1nnc(/N=C2/S/C(=C/c3ccccc3OCCC(=O)O)C(=O)N2CC)s1. The minimum Gasteiger partial charge on any atom is -0.492 e. The molecule has 1 aliphatic rings. The van der Waals surface area contributed by atoms with Gasteiger partial charge in [-0.2, -0.15) is 4.99 Å². The van der Waals surface area contributed by atoms with Crippen LogP contribution in [-0.2, 0) is 16.0 Å². The number of amidine groups is 1. The summed E-state index contributed by atoms with van der Waals surface area (Å²) in [5.74, 6) is -0.540. The summed E-state index contributed by atoms with van der Waals surface area (Å²) >= 11 is 2.68. The molecule has 1 aromatic heterocycles. The van der Waals surface area contributed by atoms with Crippen LogP contribution in [0, 0.1) is 0 Å². The third-order valence-electron chi connectivity index (χ3n) is 3.93. The van der Waals surface area contributed by atoms with Crippen LogP contribution in [0.3, 0.4) is 0 Å². The molecule has 2 heterocycles. The number of rotatable bonds is 8. The van der Waals surface area contributed by atoms with Gasteiger partial charge in [-0.1, -0.05) is 36.5 Å². The first kappa shape index (κ1) is 21.0. The Bertz CT molecular complexity index is 971. The van der Waals surface area contributed by atoms with Gasteiger partial charge < -0.3 is 9.84 Å². The average molecular weight is 433 g/mol. The van der Waals surface area contributed by atoms with Crippen molar-refractivity contribution in [3.8, 4) is 5.75 Å². The highest BCUT2D eigenvalue weighted by molar-refractivity contribution is 8.18. The number of carbonyl (C=O) groups is 2. The number of nitrogens with zero attached hydrogens (tertiary/aromatic N) is 4. The van der Waals surface area contributed by atoms with E-state index < -0.39 is 5.97 Å². The number of carbonyl (C=O) groups excluding carboxylic acids is 1. The van der Waals surface area contributed by atoms with E-state index in [2.05, 4.69) is 15.2 Å². The van der Waals surface area contributed by atoms with Crippen LogP contribution in [0.2, 0.25) is 0 Å². The van der Waals surface area contributed by atoms with Crippen molar-refractivity contribution in [3.63, 3.8) is 0 Å². The Morgan fingerprint density at radius 2 is 2.10 bits per heavy atom. The maximum Gasteiger partial charge on any atom is 0.306 e. The summed E-state index contributed by atoms with van der Waals surface area (Å²) in [6, 6.07) is 7.20. The number of hydrogen-bond acceptors (Lipinski definition) is 8. The molecule has 1 aliphatic heterocycles. The van der Waals surface area contributed by atoms with Crippen LogP contribution in [0.25, 0.3) is 6.08 Å². The molecule has 0 spiro atoms. The highest BCUT2D eigenvalue weighted by Gasteiger charge is 2.32. The Kier molecular flexibility index (Phi) is 6.99. The number of aryl methyl sites for hydroxylation is 1. The Balaban J connectivity index is 1.85. The van der Waals surface area contributed by atoms with Crippen molar-refractivity contribution >= 4 is 51.4 Å². The second-order valence-corrected chi connectivity index (χ2v) is 7.97. The van der Waals surface area contributed by atoms with Gasteiger partial charge in [0, 0.05) is 12.1 Å². The smallest absolute Gasteiger partial charge is 0.306 e. The van der Waals surface area contributed by atoms with Gasteiger partial charge in [0.2, 0.25) is 5.13 Å². The summed E-state index contributed by atoms with van der Waals surface area (Å²) in [5.41, 5.74) is 0.704. The fraction of sp³-hybridized carbons (Fsp3) is 0.316. The number of carboxylic acid groups (broad SMARTS) is 1. The predicted molar refractivity (Wildman–Crippen MR) is 114 cm³/mol. The topological polar surface area (TPSA) is 105 Å². The van der Waals surface area contributed by atoms with Gasteiger partial charge in [0.05, 0.1) is 17.9 Å². The van der Waals surface area contributed by atoms with Gasteiger partial charge >= 0.3 is 5.97 Å². The minimum absolute atomic E-state index is 0.0568. The number of benzene rings is 1. The summed E-state index contributed by atoms with van der Waals surface area (Å²) in [6.07, 6.45) is 2.43. The monoisotopic (exact) mass is 432 g/mol. The van der Waals surface area contributed by atoms with E-state index in [0.29, 0.717) is 33.1 Å². The molecule has 1 amide bonds. The molecular weight excluding hydrogens is 412 g/mol. The molecule has 2 aromatic rings. The van der Waals surface area contributed by atoms with E-state index in [4.69, 9.17) is 9.84 Å². The first-order valence-electron chi connectivity index (χ1n) is 9.08. The van der Waals surface area contributed by atoms with Crippen molar-refractivity contribution in [2.45, 2.75) is 26.7 Å². The van der Waals surface area contributed by atoms with Crippen molar-refractivity contribution in [2.75, 3.05) is 13.2 Å². The summed E-state index contributed by atoms with van der Waals surface area (Å²) in [7, 11) is 0. The number of para-hydroxylation sites is 1. The molecule has 3 rings (SSSR count). The van der Waals surface area contributed by atoms with Crippen molar-refractivity contribution < 1.29 is 19.4 Å². The molecule has 1 aromatic carbocycles. The number of aromatic nitrogens is 2. The number of aliphatic carboxylic acids is 1. The molecular formula is C19H20N4O4S2. The summed E-state index contributed by atoms with van der Waals surface area (Å²) in [6.45, 7) is 4.43. The van der Waals surface area contributed by atoms with Crippen LogP contribution in [-0.4, -0.2) is 50.4 Å².